The van der Waals surface area contributed by atoms with Crippen LogP contribution in [-0.2, 0) is 7.05 Å². The summed E-state index contributed by atoms with van der Waals surface area (Å²) in [5.41, 5.74) is 8.00. The average Bonchev–Trinajstić information content (AvgIpc) is 2.45. The van der Waals surface area contributed by atoms with Gasteiger partial charge in [-0.05, 0) is 5.53 Å². The summed E-state index contributed by atoms with van der Waals surface area (Å²) in [5, 5.41) is 7.43. The molecule has 0 spiro atoms. The quantitative estimate of drug-likeness (QED) is 0.235. The monoisotopic (exact) mass is 183 g/mol. The summed E-state index contributed by atoms with van der Waals surface area (Å²) in [4.78, 5) is 3.77. The van der Waals surface area contributed by atoms with Gasteiger partial charge in [0.2, 0.25) is 0 Å². The van der Waals surface area contributed by atoms with Gasteiger partial charge in [-0.3, -0.25) is 4.68 Å². The van der Waals surface area contributed by atoms with Crippen LogP contribution in [0.3, 0.4) is 0 Å². The molecule has 0 aromatic carbocycles. The lowest BCUT2D eigenvalue weighted by Crippen LogP contribution is -1.84. The average molecular weight is 183 g/mol. The molecule has 0 fully saturated rings. The zero-order valence-electron chi connectivity index (χ0n) is 6.71. The second-order valence-corrected chi connectivity index (χ2v) is 3.32. The van der Waals surface area contributed by atoms with E-state index in [1.165, 1.54) is 0 Å². The van der Waals surface area contributed by atoms with Gasteiger partial charge >= 0.3 is 0 Å². The Morgan fingerprint density at radius 1 is 1.83 bits per heavy atom. The van der Waals surface area contributed by atoms with Crippen molar-refractivity contribution in [2.45, 2.75) is 4.90 Å². The van der Waals surface area contributed by atoms with Gasteiger partial charge in [0.15, 0.2) is 0 Å². The number of rotatable bonds is 4. The molecule has 0 saturated carbocycles. The fraction of sp³-hybridized carbons (Fsp3) is 0.500. The Labute approximate surface area is 74.4 Å². The zero-order valence-corrected chi connectivity index (χ0v) is 7.53. The van der Waals surface area contributed by atoms with E-state index in [1.54, 1.807) is 22.6 Å². The third-order valence-corrected chi connectivity index (χ3v) is 2.14. The van der Waals surface area contributed by atoms with Crippen molar-refractivity contribution in [1.82, 2.24) is 9.78 Å². The number of aromatic nitrogens is 2. The minimum atomic E-state index is 0.524. The molecule has 1 rings (SSSR count). The van der Waals surface area contributed by atoms with Crippen LogP contribution in [0, 0.1) is 0 Å². The zero-order chi connectivity index (χ0) is 8.81. The minimum absolute atomic E-state index is 0.524. The smallest absolute Gasteiger partial charge is 0.0625 e. The van der Waals surface area contributed by atoms with Crippen LogP contribution in [-0.4, -0.2) is 22.1 Å². The maximum Gasteiger partial charge on any atom is 0.0625 e. The number of azide groups is 1. The van der Waals surface area contributed by atoms with E-state index in [0.29, 0.717) is 6.54 Å². The number of hydrogen-bond acceptors (Lipinski definition) is 3. The van der Waals surface area contributed by atoms with Gasteiger partial charge in [0.05, 0.1) is 6.20 Å². The molecule has 64 valence electrons. The molecule has 0 amide bonds. The van der Waals surface area contributed by atoms with Crippen LogP contribution in [0.5, 0.6) is 0 Å². The van der Waals surface area contributed by atoms with Crippen molar-refractivity contribution in [3.05, 3.63) is 22.8 Å². The number of hydrogen-bond donors (Lipinski definition) is 0. The summed E-state index contributed by atoms with van der Waals surface area (Å²) in [6.07, 6.45) is 3.72. The lowest BCUT2D eigenvalue weighted by molar-refractivity contribution is 0.766. The lowest BCUT2D eigenvalue weighted by Gasteiger charge is -1.90. The van der Waals surface area contributed by atoms with Crippen molar-refractivity contribution in [2.75, 3.05) is 12.3 Å². The predicted molar refractivity (Wildman–Crippen MR) is 47.9 cm³/mol. The Morgan fingerprint density at radius 2 is 2.67 bits per heavy atom. The largest absolute Gasteiger partial charge is 0.275 e. The molecule has 12 heavy (non-hydrogen) atoms. The molecule has 0 radical (unpaired) electrons. The van der Waals surface area contributed by atoms with Crippen molar-refractivity contribution in [2.24, 2.45) is 12.2 Å². The van der Waals surface area contributed by atoms with Crippen LogP contribution in [0.2, 0.25) is 0 Å². The molecule has 0 aliphatic heterocycles. The third-order valence-electron chi connectivity index (χ3n) is 1.20. The molecule has 1 aromatic rings. The van der Waals surface area contributed by atoms with E-state index in [1.807, 2.05) is 13.2 Å². The Balaban J connectivity index is 2.28. The summed E-state index contributed by atoms with van der Waals surface area (Å²) in [6, 6.07) is 0. The van der Waals surface area contributed by atoms with Gasteiger partial charge in [-0.15, -0.1) is 11.8 Å². The summed E-state index contributed by atoms with van der Waals surface area (Å²) in [6.45, 7) is 0.524. The van der Waals surface area contributed by atoms with Crippen molar-refractivity contribution < 1.29 is 0 Å². The SMILES string of the molecule is Cn1cc(SCCN=[N+]=[N-])cn1. The van der Waals surface area contributed by atoms with Crippen molar-refractivity contribution in [3.8, 4) is 0 Å². The molecule has 0 atom stereocenters. The number of aryl methyl sites for hydroxylation is 1. The highest BCUT2D eigenvalue weighted by molar-refractivity contribution is 7.99. The van der Waals surface area contributed by atoms with Crippen molar-refractivity contribution in [3.63, 3.8) is 0 Å². The van der Waals surface area contributed by atoms with Gasteiger partial charge in [0, 0.05) is 35.3 Å². The fourth-order valence-corrected chi connectivity index (χ4v) is 1.48. The van der Waals surface area contributed by atoms with Crippen molar-refractivity contribution in [1.29, 1.82) is 0 Å². The number of thioether (sulfide) groups is 1. The van der Waals surface area contributed by atoms with Gasteiger partial charge in [-0.2, -0.15) is 5.10 Å². The summed E-state index contributed by atoms with van der Waals surface area (Å²) >= 11 is 1.63. The molecule has 0 saturated heterocycles. The van der Waals surface area contributed by atoms with Gasteiger partial charge < -0.3 is 0 Å². The highest BCUT2D eigenvalue weighted by Gasteiger charge is 1.94. The second-order valence-electron chi connectivity index (χ2n) is 2.15. The van der Waals surface area contributed by atoms with Gasteiger partial charge in [0.1, 0.15) is 0 Å². The van der Waals surface area contributed by atoms with Crippen LogP contribution in [0.25, 0.3) is 10.4 Å². The first-order valence-electron chi connectivity index (χ1n) is 3.45. The molecule has 0 unspecified atom stereocenters. The standard InChI is InChI=1S/C6H9N5S/c1-11-5-6(4-9-11)12-3-2-8-10-7/h4-5H,2-3H2,1H3. The molecule has 0 bridgehead atoms. The van der Waals surface area contributed by atoms with E-state index in [4.69, 9.17) is 5.53 Å². The minimum Gasteiger partial charge on any atom is -0.275 e. The van der Waals surface area contributed by atoms with E-state index < -0.39 is 0 Å². The van der Waals surface area contributed by atoms with Gasteiger partial charge in [-0.25, -0.2) is 0 Å². The first-order valence-corrected chi connectivity index (χ1v) is 4.44. The fourth-order valence-electron chi connectivity index (χ4n) is 0.722. The third kappa shape index (κ3) is 2.86. The normalized spacial score (nSPS) is 9.42. The van der Waals surface area contributed by atoms with E-state index in [-0.39, 0.29) is 0 Å². The van der Waals surface area contributed by atoms with Crippen LogP contribution < -0.4 is 0 Å². The first kappa shape index (κ1) is 8.96. The highest BCUT2D eigenvalue weighted by atomic mass is 32.2. The van der Waals surface area contributed by atoms with Crippen LogP contribution in [0.1, 0.15) is 0 Å². The number of nitrogens with zero attached hydrogens (tertiary/aromatic N) is 5. The molecular weight excluding hydrogens is 174 g/mol. The molecule has 5 nitrogen and oxygen atoms in total. The molecule has 0 aliphatic carbocycles. The Bertz CT molecular complexity index is 288. The molecular formula is C6H9N5S. The molecule has 1 heterocycles. The molecule has 6 heteroatoms. The van der Waals surface area contributed by atoms with E-state index in [0.717, 1.165) is 10.6 Å². The topological polar surface area (TPSA) is 66.6 Å². The summed E-state index contributed by atoms with van der Waals surface area (Å²) < 4.78 is 1.75. The molecule has 1 aromatic heterocycles. The van der Waals surface area contributed by atoms with Crippen LogP contribution in [0.4, 0.5) is 0 Å². The summed E-state index contributed by atoms with van der Waals surface area (Å²) in [7, 11) is 1.87. The maximum atomic E-state index is 8.00. The highest BCUT2D eigenvalue weighted by Crippen LogP contribution is 2.15. The Hall–Kier alpha value is -1.13. The lowest BCUT2D eigenvalue weighted by atomic mass is 10.7. The molecule has 0 N–H and O–H groups in total. The van der Waals surface area contributed by atoms with Crippen molar-refractivity contribution >= 4 is 11.8 Å². The van der Waals surface area contributed by atoms with E-state index in [9.17, 15) is 0 Å². The Kier molecular flexibility index (Phi) is 3.50. The van der Waals surface area contributed by atoms with Crippen LogP contribution in [0.15, 0.2) is 22.4 Å². The van der Waals surface area contributed by atoms with Crippen LogP contribution >= 0.6 is 11.8 Å². The second kappa shape index (κ2) is 4.69. The van der Waals surface area contributed by atoms with Gasteiger partial charge in [-0.1, -0.05) is 5.11 Å². The molecule has 0 aliphatic rings. The first-order chi connectivity index (χ1) is 5.83. The van der Waals surface area contributed by atoms with E-state index >= 15 is 0 Å². The van der Waals surface area contributed by atoms with E-state index in [2.05, 4.69) is 15.1 Å². The maximum absolute atomic E-state index is 8.00. The summed E-state index contributed by atoms with van der Waals surface area (Å²) in [5.74, 6) is 0.801. The predicted octanol–water partition coefficient (Wildman–Crippen LogP) is 1.82. The van der Waals surface area contributed by atoms with Gasteiger partial charge in [0.25, 0.3) is 0 Å². The Morgan fingerprint density at radius 3 is 3.25 bits per heavy atom.